The van der Waals surface area contributed by atoms with Gasteiger partial charge in [0.2, 0.25) is 0 Å². The minimum Gasteiger partial charge on any atom is -0.313 e. The molecule has 0 aliphatic carbocycles. The molecule has 1 nitrogen and oxygen atoms in total. The smallest absolute Gasteiger partial charge is 0.0219 e. The third-order valence-corrected chi connectivity index (χ3v) is 4.15. The van der Waals surface area contributed by atoms with Crippen LogP contribution in [-0.2, 0) is 6.54 Å². The maximum Gasteiger partial charge on any atom is 0.0219 e. The zero-order chi connectivity index (χ0) is 12.1. The highest BCUT2D eigenvalue weighted by atomic mass is 127. The fraction of sp³-hybridized carbons (Fsp3) is 0.286. The monoisotopic (exact) mass is 357 g/mol. The van der Waals surface area contributed by atoms with Crippen molar-refractivity contribution < 1.29 is 0 Å². The first-order valence-electron chi connectivity index (χ1n) is 5.83. The van der Waals surface area contributed by atoms with E-state index >= 15 is 0 Å². The summed E-state index contributed by atoms with van der Waals surface area (Å²) in [5, 5.41) is 7.95. The van der Waals surface area contributed by atoms with Crippen LogP contribution in [0, 0.1) is 3.57 Å². The Hall–Kier alpha value is -0.390. The van der Waals surface area contributed by atoms with E-state index in [-0.39, 0.29) is 0 Å². The molecule has 1 heterocycles. The Labute approximate surface area is 120 Å². The summed E-state index contributed by atoms with van der Waals surface area (Å²) < 4.78 is 1.28. The van der Waals surface area contributed by atoms with E-state index in [1.807, 2.05) is 0 Å². The summed E-state index contributed by atoms with van der Waals surface area (Å²) in [5.41, 5.74) is 4.10. The number of thiophene rings is 1. The third-order valence-electron chi connectivity index (χ3n) is 2.64. The SMILES string of the molecule is CCCNCc1cscc1-c1ccc(I)cc1. The van der Waals surface area contributed by atoms with Crippen LogP contribution in [0.5, 0.6) is 0 Å². The fourth-order valence-corrected chi connectivity index (χ4v) is 2.97. The van der Waals surface area contributed by atoms with Crippen LogP contribution in [0.25, 0.3) is 11.1 Å². The lowest BCUT2D eigenvalue weighted by Crippen LogP contribution is -2.13. The van der Waals surface area contributed by atoms with Crippen LogP contribution in [0.15, 0.2) is 35.0 Å². The van der Waals surface area contributed by atoms with Gasteiger partial charge in [-0.2, -0.15) is 11.3 Å². The first kappa shape index (κ1) is 13.1. The van der Waals surface area contributed by atoms with Crippen LogP contribution in [0.3, 0.4) is 0 Å². The number of halogens is 1. The topological polar surface area (TPSA) is 12.0 Å². The van der Waals surface area contributed by atoms with Crippen LogP contribution in [0.4, 0.5) is 0 Å². The second-order valence-electron chi connectivity index (χ2n) is 3.99. The van der Waals surface area contributed by atoms with Gasteiger partial charge in [0.15, 0.2) is 0 Å². The van der Waals surface area contributed by atoms with Gasteiger partial charge in [0, 0.05) is 10.1 Å². The molecule has 0 aliphatic heterocycles. The van der Waals surface area contributed by atoms with Crippen molar-refractivity contribution in [2.45, 2.75) is 19.9 Å². The molecule has 2 rings (SSSR count). The van der Waals surface area contributed by atoms with Gasteiger partial charge in [-0.05, 0) is 75.1 Å². The van der Waals surface area contributed by atoms with E-state index in [1.54, 1.807) is 11.3 Å². The van der Waals surface area contributed by atoms with E-state index in [0.29, 0.717) is 0 Å². The molecule has 1 aromatic carbocycles. The summed E-state index contributed by atoms with van der Waals surface area (Å²) in [6, 6.07) is 8.73. The molecule has 0 aliphatic rings. The molecule has 0 unspecified atom stereocenters. The lowest BCUT2D eigenvalue weighted by Gasteiger charge is -2.06. The molecular weight excluding hydrogens is 341 g/mol. The van der Waals surface area contributed by atoms with Gasteiger partial charge in [-0.1, -0.05) is 19.1 Å². The Morgan fingerprint density at radius 1 is 1.18 bits per heavy atom. The predicted octanol–water partition coefficient (Wildman–Crippen LogP) is 4.52. The molecule has 2 aromatic rings. The Morgan fingerprint density at radius 3 is 2.65 bits per heavy atom. The molecule has 0 bridgehead atoms. The van der Waals surface area contributed by atoms with Crippen LogP contribution in [0.1, 0.15) is 18.9 Å². The van der Waals surface area contributed by atoms with Gasteiger partial charge >= 0.3 is 0 Å². The standard InChI is InChI=1S/C14H16INS/c1-2-7-16-8-12-9-17-10-14(12)11-3-5-13(15)6-4-11/h3-6,9-10,16H,2,7-8H2,1H3. The zero-order valence-electron chi connectivity index (χ0n) is 9.87. The number of benzene rings is 1. The molecule has 1 aromatic heterocycles. The first-order chi connectivity index (χ1) is 8.31. The molecule has 0 atom stereocenters. The van der Waals surface area contributed by atoms with Crippen molar-refractivity contribution in [3.63, 3.8) is 0 Å². The molecule has 0 saturated carbocycles. The normalized spacial score (nSPS) is 10.7. The van der Waals surface area contributed by atoms with Crippen molar-refractivity contribution in [1.82, 2.24) is 5.32 Å². The van der Waals surface area contributed by atoms with Crippen LogP contribution in [0.2, 0.25) is 0 Å². The van der Waals surface area contributed by atoms with Gasteiger partial charge in [-0.3, -0.25) is 0 Å². The van der Waals surface area contributed by atoms with Crippen LogP contribution < -0.4 is 5.32 Å². The van der Waals surface area contributed by atoms with E-state index in [4.69, 9.17) is 0 Å². The second-order valence-corrected chi connectivity index (χ2v) is 5.98. The lowest BCUT2D eigenvalue weighted by molar-refractivity contribution is 0.677. The Bertz CT molecular complexity index is 461. The average Bonchev–Trinajstić information content (AvgIpc) is 2.79. The number of rotatable bonds is 5. The van der Waals surface area contributed by atoms with E-state index < -0.39 is 0 Å². The summed E-state index contributed by atoms with van der Waals surface area (Å²) in [6.07, 6.45) is 1.18. The van der Waals surface area contributed by atoms with Crippen molar-refractivity contribution in [3.8, 4) is 11.1 Å². The van der Waals surface area contributed by atoms with E-state index in [1.165, 1.54) is 26.7 Å². The number of nitrogens with one attached hydrogen (secondary N) is 1. The number of hydrogen-bond donors (Lipinski definition) is 1. The highest BCUT2D eigenvalue weighted by Crippen LogP contribution is 2.27. The van der Waals surface area contributed by atoms with Gasteiger partial charge in [0.1, 0.15) is 0 Å². The van der Waals surface area contributed by atoms with Crippen molar-refractivity contribution in [2.75, 3.05) is 6.54 Å². The first-order valence-corrected chi connectivity index (χ1v) is 7.85. The molecule has 0 radical (unpaired) electrons. The Morgan fingerprint density at radius 2 is 1.94 bits per heavy atom. The van der Waals surface area contributed by atoms with Gasteiger partial charge in [-0.25, -0.2) is 0 Å². The van der Waals surface area contributed by atoms with Gasteiger partial charge in [0.25, 0.3) is 0 Å². The van der Waals surface area contributed by atoms with Crippen molar-refractivity contribution in [2.24, 2.45) is 0 Å². The molecule has 17 heavy (non-hydrogen) atoms. The summed E-state index contributed by atoms with van der Waals surface area (Å²) >= 11 is 4.12. The summed E-state index contributed by atoms with van der Waals surface area (Å²) in [6.45, 7) is 4.25. The fourth-order valence-electron chi connectivity index (χ4n) is 1.74. The minimum absolute atomic E-state index is 0.971. The van der Waals surface area contributed by atoms with E-state index in [2.05, 4.69) is 69.9 Å². The lowest BCUT2D eigenvalue weighted by atomic mass is 10.1. The summed E-state index contributed by atoms with van der Waals surface area (Å²) in [7, 11) is 0. The average molecular weight is 357 g/mol. The molecule has 90 valence electrons. The molecule has 0 spiro atoms. The molecular formula is C14H16INS. The quantitative estimate of drug-likeness (QED) is 0.613. The van der Waals surface area contributed by atoms with Crippen molar-refractivity contribution in [1.29, 1.82) is 0 Å². The molecule has 0 fully saturated rings. The third kappa shape index (κ3) is 3.53. The van der Waals surface area contributed by atoms with E-state index in [9.17, 15) is 0 Å². The molecule has 1 N–H and O–H groups in total. The maximum absolute atomic E-state index is 3.46. The Kier molecular flexibility index (Phi) is 5.00. The Balaban J connectivity index is 2.15. The largest absolute Gasteiger partial charge is 0.313 e. The van der Waals surface area contributed by atoms with Crippen molar-refractivity contribution >= 4 is 33.9 Å². The zero-order valence-corrected chi connectivity index (χ0v) is 12.8. The number of hydrogen-bond acceptors (Lipinski definition) is 2. The molecule has 0 amide bonds. The van der Waals surface area contributed by atoms with Gasteiger partial charge in [0.05, 0.1) is 0 Å². The minimum atomic E-state index is 0.971. The van der Waals surface area contributed by atoms with Crippen LogP contribution >= 0.6 is 33.9 Å². The summed E-state index contributed by atoms with van der Waals surface area (Å²) in [4.78, 5) is 0. The highest BCUT2D eigenvalue weighted by Gasteiger charge is 2.05. The molecule has 3 heteroatoms. The highest BCUT2D eigenvalue weighted by molar-refractivity contribution is 14.1. The predicted molar refractivity (Wildman–Crippen MR) is 84.5 cm³/mol. The van der Waals surface area contributed by atoms with Crippen molar-refractivity contribution in [3.05, 3.63) is 44.2 Å². The van der Waals surface area contributed by atoms with Gasteiger partial charge in [-0.15, -0.1) is 0 Å². The molecule has 0 saturated heterocycles. The van der Waals surface area contributed by atoms with E-state index in [0.717, 1.165) is 13.1 Å². The van der Waals surface area contributed by atoms with Gasteiger partial charge < -0.3 is 5.32 Å². The summed E-state index contributed by atoms with van der Waals surface area (Å²) in [5.74, 6) is 0. The van der Waals surface area contributed by atoms with Crippen LogP contribution in [-0.4, -0.2) is 6.54 Å². The maximum atomic E-state index is 3.46. The second kappa shape index (κ2) is 6.52.